The van der Waals surface area contributed by atoms with Crippen LogP contribution in [0.5, 0.6) is 5.75 Å². The van der Waals surface area contributed by atoms with Gasteiger partial charge in [-0.2, -0.15) is 0 Å². The SMILES string of the molecule is Cc1c(Cl)c(C(=O)c2ccco2)cc2c1OC(C=O)C2. The molecule has 102 valence electrons. The Bertz CT molecular complexity index is 688. The lowest BCUT2D eigenvalue weighted by molar-refractivity contribution is -0.113. The zero-order valence-electron chi connectivity index (χ0n) is 10.7. The number of hydrogen-bond donors (Lipinski definition) is 0. The normalized spacial score (nSPS) is 16.6. The van der Waals surface area contributed by atoms with Crippen molar-refractivity contribution < 1.29 is 18.7 Å². The molecule has 0 amide bonds. The molecule has 1 aromatic carbocycles. The van der Waals surface area contributed by atoms with E-state index in [1.54, 1.807) is 25.1 Å². The molecular weight excluding hydrogens is 280 g/mol. The smallest absolute Gasteiger partial charge is 0.229 e. The minimum Gasteiger partial charge on any atom is -0.482 e. The van der Waals surface area contributed by atoms with Gasteiger partial charge in [0.1, 0.15) is 5.75 Å². The first-order chi connectivity index (χ1) is 9.61. The first-order valence-corrected chi connectivity index (χ1v) is 6.51. The van der Waals surface area contributed by atoms with E-state index in [0.717, 1.165) is 11.8 Å². The molecule has 1 unspecified atom stereocenters. The second kappa shape index (κ2) is 4.80. The van der Waals surface area contributed by atoms with Crippen LogP contribution < -0.4 is 4.74 Å². The van der Waals surface area contributed by atoms with Gasteiger partial charge in [-0.05, 0) is 30.7 Å². The van der Waals surface area contributed by atoms with Crippen LogP contribution in [0.1, 0.15) is 27.2 Å². The number of carbonyl (C=O) groups excluding carboxylic acids is 2. The van der Waals surface area contributed by atoms with Gasteiger partial charge in [0.25, 0.3) is 0 Å². The summed E-state index contributed by atoms with van der Waals surface area (Å²) in [6, 6.07) is 4.91. The average Bonchev–Trinajstić information content (AvgIpc) is 3.10. The van der Waals surface area contributed by atoms with E-state index >= 15 is 0 Å². The van der Waals surface area contributed by atoms with Crippen molar-refractivity contribution in [2.45, 2.75) is 19.4 Å². The number of aldehydes is 1. The Hall–Kier alpha value is -2.07. The van der Waals surface area contributed by atoms with Gasteiger partial charge in [-0.15, -0.1) is 0 Å². The fraction of sp³-hybridized carbons (Fsp3) is 0.200. The van der Waals surface area contributed by atoms with Crippen molar-refractivity contribution >= 4 is 23.7 Å². The van der Waals surface area contributed by atoms with Gasteiger partial charge < -0.3 is 9.15 Å². The van der Waals surface area contributed by atoms with Crippen molar-refractivity contribution in [2.24, 2.45) is 0 Å². The highest BCUT2D eigenvalue weighted by Crippen LogP contribution is 2.38. The third-order valence-corrected chi connectivity index (χ3v) is 3.84. The quantitative estimate of drug-likeness (QED) is 0.644. The molecule has 4 nitrogen and oxygen atoms in total. The fourth-order valence-electron chi connectivity index (χ4n) is 2.35. The molecule has 0 aliphatic carbocycles. The van der Waals surface area contributed by atoms with E-state index < -0.39 is 6.10 Å². The molecule has 0 fully saturated rings. The van der Waals surface area contributed by atoms with Crippen molar-refractivity contribution in [1.29, 1.82) is 0 Å². The van der Waals surface area contributed by atoms with E-state index in [1.165, 1.54) is 6.26 Å². The second-order valence-corrected chi connectivity index (χ2v) is 5.03. The Morgan fingerprint density at radius 2 is 2.30 bits per heavy atom. The summed E-state index contributed by atoms with van der Waals surface area (Å²) in [5, 5.41) is 0.330. The molecule has 20 heavy (non-hydrogen) atoms. The van der Waals surface area contributed by atoms with Crippen LogP contribution in [0.4, 0.5) is 0 Å². The van der Waals surface area contributed by atoms with Gasteiger partial charge >= 0.3 is 0 Å². The Morgan fingerprint density at radius 3 is 2.95 bits per heavy atom. The molecule has 0 saturated carbocycles. The van der Waals surface area contributed by atoms with E-state index in [0.29, 0.717) is 28.3 Å². The maximum atomic E-state index is 12.3. The molecule has 3 rings (SSSR count). The summed E-state index contributed by atoms with van der Waals surface area (Å²) < 4.78 is 10.6. The van der Waals surface area contributed by atoms with Crippen LogP contribution in [0.25, 0.3) is 0 Å². The number of rotatable bonds is 3. The van der Waals surface area contributed by atoms with Gasteiger partial charge in [0.2, 0.25) is 5.78 Å². The highest BCUT2D eigenvalue weighted by atomic mass is 35.5. The van der Waals surface area contributed by atoms with Crippen molar-refractivity contribution in [3.63, 3.8) is 0 Å². The first-order valence-electron chi connectivity index (χ1n) is 6.14. The van der Waals surface area contributed by atoms with Crippen LogP contribution >= 0.6 is 11.6 Å². The fourth-order valence-corrected chi connectivity index (χ4v) is 2.58. The maximum absolute atomic E-state index is 12.3. The number of fused-ring (bicyclic) bond motifs is 1. The van der Waals surface area contributed by atoms with Gasteiger partial charge in [-0.3, -0.25) is 9.59 Å². The highest BCUT2D eigenvalue weighted by Gasteiger charge is 2.28. The minimum atomic E-state index is -0.506. The molecule has 1 aliphatic heterocycles. The summed E-state index contributed by atoms with van der Waals surface area (Å²) in [7, 11) is 0. The number of ether oxygens (including phenoxy) is 1. The highest BCUT2D eigenvalue weighted by molar-refractivity contribution is 6.35. The molecule has 2 heterocycles. The summed E-state index contributed by atoms with van der Waals surface area (Å²) in [5.41, 5.74) is 1.86. The second-order valence-electron chi connectivity index (χ2n) is 4.65. The van der Waals surface area contributed by atoms with Gasteiger partial charge in [-0.1, -0.05) is 11.6 Å². The first kappa shape index (κ1) is 12.9. The zero-order chi connectivity index (χ0) is 14.3. The number of carbonyl (C=O) groups is 2. The number of ketones is 1. The number of halogens is 1. The summed E-state index contributed by atoms with van der Waals surface area (Å²) in [4.78, 5) is 23.2. The van der Waals surface area contributed by atoms with E-state index in [4.69, 9.17) is 20.8 Å². The topological polar surface area (TPSA) is 56.5 Å². The van der Waals surface area contributed by atoms with Crippen LogP contribution in [-0.2, 0) is 11.2 Å². The summed E-state index contributed by atoms with van der Waals surface area (Å²) in [5.74, 6) is 0.556. The molecule has 0 saturated heterocycles. The maximum Gasteiger partial charge on any atom is 0.229 e. The molecule has 5 heteroatoms. The average molecular weight is 291 g/mol. The standard InChI is InChI=1S/C15H11ClO4/c1-8-13(16)11(14(18)12-3-2-4-19-12)6-9-5-10(7-17)20-15(8)9/h2-4,6-7,10H,5H2,1H3. The van der Waals surface area contributed by atoms with Crippen molar-refractivity contribution in [3.8, 4) is 5.75 Å². The van der Waals surface area contributed by atoms with Crippen LogP contribution in [0.3, 0.4) is 0 Å². The van der Waals surface area contributed by atoms with Crippen LogP contribution in [-0.4, -0.2) is 18.2 Å². The lowest BCUT2D eigenvalue weighted by Gasteiger charge is -2.10. The molecule has 0 radical (unpaired) electrons. The van der Waals surface area contributed by atoms with Crippen molar-refractivity contribution in [3.05, 3.63) is 51.9 Å². The molecule has 0 spiro atoms. The van der Waals surface area contributed by atoms with Gasteiger partial charge in [0.15, 0.2) is 18.2 Å². The van der Waals surface area contributed by atoms with Gasteiger partial charge in [-0.25, -0.2) is 0 Å². The predicted octanol–water partition coefficient (Wildman–Crippen LogP) is 2.97. The molecular formula is C15H11ClO4. The Morgan fingerprint density at radius 1 is 1.50 bits per heavy atom. The number of hydrogen-bond acceptors (Lipinski definition) is 4. The Labute approximate surface area is 120 Å². The largest absolute Gasteiger partial charge is 0.482 e. The molecule has 1 aromatic heterocycles. The molecule has 2 aromatic rings. The molecule has 0 bridgehead atoms. The van der Waals surface area contributed by atoms with Crippen LogP contribution in [0, 0.1) is 6.92 Å². The number of furan rings is 1. The molecule has 1 atom stereocenters. The Kier molecular flexibility index (Phi) is 3.10. The summed E-state index contributed by atoms with van der Waals surface area (Å²) >= 11 is 6.25. The van der Waals surface area contributed by atoms with Crippen molar-refractivity contribution in [2.75, 3.05) is 0 Å². The van der Waals surface area contributed by atoms with E-state index in [9.17, 15) is 9.59 Å². The van der Waals surface area contributed by atoms with Gasteiger partial charge in [0.05, 0.1) is 11.3 Å². The minimum absolute atomic E-state index is 0.233. The van der Waals surface area contributed by atoms with Crippen molar-refractivity contribution in [1.82, 2.24) is 0 Å². The molecule has 1 aliphatic rings. The monoisotopic (exact) mass is 290 g/mol. The lowest BCUT2D eigenvalue weighted by atomic mass is 9.99. The third kappa shape index (κ3) is 1.93. The predicted molar refractivity (Wildman–Crippen MR) is 72.5 cm³/mol. The lowest BCUT2D eigenvalue weighted by Crippen LogP contribution is -2.13. The van der Waals surface area contributed by atoms with Gasteiger partial charge in [0, 0.05) is 17.5 Å². The van der Waals surface area contributed by atoms with E-state index in [1.807, 2.05) is 0 Å². The summed E-state index contributed by atoms with van der Waals surface area (Å²) in [6.07, 6.45) is 2.14. The van der Waals surface area contributed by atoms with Crippen LogP contribution in [0.2, 0.25) is 5.02 Å². The molecule has 0 N–H and O–H groups in total. The summed E-state index contributed by atoms with van der Waals surface area (Å²) in [6.45, 7) is 1.77. The Balaban J connectivity index is 2.09. The van der Waals surface area contributed by atoms with E-state index in [2.05, 4.69) is 0 Å². The third-order valence-electron chi connectivity index (χ3n) is 3.35. The van der Waals surface area contributed by atoms with Crippen LogP contribution in [0.15, 0.2) is 28.9 Å². The number of benzene rings is 1. The zero-order valence-corrected chi connectivity index (χ0v) is 11.4. The van der Waals surface area contributed by atoms with E-state index in [-0.39, 0.29) is 11.5 Å².